The number of fused-ring (bicyclic) bond motifs is 1. The van der Waals surface area contributed by atoms with Gasteiger partial charge in [0, 0.05) is 23.7 Å². The number of sulfonamides is 1. The van der Waals surface area contributed by atoms with Crippen LogP contribution in [0.5, 0.6) is 11.5 Å². The van der Waals surface area contributed by atoms with Crippen LogP contribution in [0.15, 0.2) is 42.5 Å². The first-order valence-corrected chi connectivity index (χ1v) is 15.4. The Kier molecular flexibility index (Phi) is 9.61. The molecule has 2 aromatic rings. The first-order chi connectivity index (χ1) is 18.7. The number of benzene rings is 2. The number of carbonyl (C=O) groups excluding carboxylic acids is 2. The Labute approximate surface area is 235 Å². The fraction of sp³-hybridized carbons (Fsp3) is 0.500. The van der Waals surface area contributed by atoms with Crippen LogP contribution in [0, 0.1) is 0 Å². The van der Waals surface area contributed by atoms with E-state index >= 15 is 0 Å². The van der Waals surface area contributed by atoms with E-state index in [0.29, 0.717) is 35.3 Å². The molecule has 1 N–H and O–H groups in total. The van der Waals surface area contributed by atoms with Crippen molar-refractivity contribution in [2.45, 2.75) is 64.6 Å². The first kappa shape index (κ1) is 29.0. The summed E-state index contributed by atoms with van der Waals surface area (Å²) < 4.78 is 38.6. The van der Waals surface area contributed by atoms with Crippen molar-refractivity contribution in [3.05, 3.63) is 53.1 Å². The molecule has 0 spiro atoms. The highest BCUT2D eigenvalue weighted by Crippen LogP contribution is 2.35. The maximum absolute atomic E-state index is 13.9. The first-order valence-electron chi connectivity index (χ1n) is 13.4. The van der Waals surface area contributed by atoms with Gasteiger partial charge in [0.2, 0.25) is 21.8 Å². The van der Waals surface area contributed by atoms with Crippen molar-refractivity contribution in [3.8, 4) is 11.5 Å². The molecule has 0 radical (unpaired) electrons. The Morgan fingerprint density at radius 2 is 1.74 bits per heavy atom. The van der Waals surface area contributed by atoms with Crippen LogP contribution in [0.4, 0.5) is 5.69 Å². The quantitative estimate of drug-likeness (QED) is 0.455. The molecule has 39 heavy (non-hydrogen) atoms. The molecule has 1 atom stereocenters. The van der Waals surface area contributed by atoms with Gasteiger partial charge in [-0.2, -0.15) is 0 Å². The van der Waals surface area contributed by atoms with Crippen LogP contribution in [-0.2, 0) is 26.2 Å². The van der Waals surface area contributed by atoms with Crippen LogP contribution in [0.1, 0.15) is 51.5 Å². The lowest BCUT2D eigenvalue weighted by Crippen LogP contribution is -2.53. The highest BCUT2D eigenvalue weighted by atomic mass is 35.5. The van der Waals surface area contributed by atoms with E-state index in [2.05, 4.69) is 5.32 Å². The molecule has 1 unspecified atom stereocenters. The summed E-state index contributed by atoms with van der Waals surface area (Å²) in [5.74, 6) is -0.0782. The highest BCUT2D eigenvalue weighted by molar-refractivity contribution is 7.92. The standard InChI is InChI=1S/C28H36ClN3O6S/c1-3-39(35,36)32(23-13-14-25-26(17-23)38-16-15-37-25)19-27(33)31(18-21-9-7-8-12-24(21)29)20(2)28(34)30-22-10-5-4-6-11-22/h7-9,12-14,17,20,22H,3-6,10-11,15-16,18-19H2,1-2H3,(H,30,34). The number of rotatable bonds is 10. The highest BCUT2D eigenvalue weighted by Gasteiger charge is 2.32. The van der Waals surface area contributed by atoms with Gasteiger partial charge >= 0.3 is 0 Å². The number of hydrogen-bond acceptors (Lipinski definition) is 6. The van der Waals surface area contributed by atoms with Crippen molar-refractivity contribution in [3.63, 3.8) is 0 Å². The van der Waals surface area contributed by atoms with E-state index in [1.54, 1.807) is 49.4 Å². The van der Waals surface area contributed by atoms with E-state index in [0.717, 1.165) is 36.4 Å². The van der Waals surface area contributed by atoms with E-state index in [9.17, 15) is 18.0 Å². The van der Waals surface area contributed by atoms with Gasteiger partial charge in [-0.1, -0.05) is 49.1 Å². The van der Waals surface area contributed by atoms with Gasteiger partial charge in [0.25, 0.3) is 0 Å². The van der Waals surface area contributed by atoms with E-state index in [1.165, 1.54) is 11.8 Å². The van der Waals surface area contributed by atoms with Gasteiger partial charge in [-0.05, 0) is 50.5 Å². The summed E-state index contributed by atoms with van der Waals surface area (Å²) in [4.78, 5) is 28.6. The molecule has 2 aromatic carbocycles. The summed E-state index contributed by atoms with van der Waals surface area (Å²) in [6.07, 6.45) is 5.08. The van der Waals surface area contributed by atoms with Crippen LogP contribution < -0.4 is 19.1 Å². The van der Waals surface area contributed by atoms with Crippen LogP contribution in [0.2, 0.25) is 5.02 Å². The number of hydrogen-bond donors (Lipinski definition) is 1. The lowest BCUT2D eigenvalue weighted by atomic mass is 9.95. The molecular weight excluding hydrogens is 542 g/mol. The van der Waals surface area contributed by atoms with Crippen LogP contribution >= 0.6 is 11.6 Å². The molecule has 0 aromatic heterocycles. The second-order valence-electron chi connectivity index (χ2n) is 9.87. The van der Waals surface area contributed by atoms with Gasteiger partial charge in [-0.3, -0.25) is 13.9 Å². The summed E-state index contributed by atoms with van der Waals surface area (Å²) in [7, 11) is -3.86. The molecule has 11 heteroatoms. The number of nitrogens with one attached hydrogen (secondary N) is 1. The summed E-state index contributed by atoms with van der Waals surface area (Å²) >= 11 is 6.41. The van der Waals surface area contributed by atoms with Gasteiger partial charge in [-0.25, -0.2) is 8.42 Å². The Morgan fingerprint density at radius 1 is 1.05 bits per heavy atom. The van der Waals surface area contributed by atoms with Gasteiger partial charge in [0.15, 0.2) is 11.5 Å². The van der Waals surface area contributed by atoms with Crippen molar-refractivity contribution in [1.82, 2.24) is 10.2 Å². The Hall–Kier alpha value is -2.98. The van der Waals surface area contributed by atoms with Crippen molar-refractivity contribution in [1.29, 1.82) is 0 Å². The smallest absolute Gasteiger partial charge is 0.244 e. The largest absolute Gasteiger partial charge is 0.486 e. The Bertz CT molecular complexity index is 1280. The minimum absolute atomic E-state index is 0.0545. The summed E-state index contributed by atoms with van der Waals surface area (Å²) in [6, 6.07) is 11.1. The van der Waals surface area contributed by atoms with Crippen molar-refractivity contribution in [2.24, 2.45) is 0 Å². The molecule has 1 heterocycles. The summed E-state index contributed by atoms with van der Waals surface area (Å²) in [6.45, 7) is 3.50. The van der Waals surface area contributed by atoms with Crippen LogP contribution in [0.25, 0.3) is 0 Å². The molecule has 1 aliphatic heterocycles. The third-order valence-corrected chi connectivity index (χ3v) is 9.32. The second kappa shape index (κ2) is 12.9. The van der Waals surface area contributed by atoms with Gasteiger partial charge in [0.1, 0.15) is 25.8 Å². The Morgan fingerprint density at radius 3 is 2.44 bits per heavy atom. The number of halogens is 1. The number of nitrogens with zero attached hydrogens (tertiary/aromatic N) is 2. The number of carbonyl (C=O) groups is 2. The number of anilines is 1. The molecule has 1 aliphatic carbocycles. The lowest BCUT2D eigenvalue weighted by Gasteiger charge is -2.33. The molecule has 212 valence electrons. The SMILES string of the molecule is CCS(=O)(=O)N(CC(=O)N(Cc1ccccc1Cl)C(C)C(=O)NC1CCCCC1)c1ccc2c(c1)OCCO2. The average molecular weight is 578 g/mol. The molecule has 9 nitrogen and oxygen atoms in total. The van der Waals surface area contributed by atoms with Crippen molar-refractivity contribution in [2.75, 3.05) is 29.8 Å². The fourth-order valence-electron chi connectivity index (χ4n) is 4.87. The fourth-order valence-corrected chi connectivity index (χ4v) is 6.12. The van der Waals surface area contributed by atoms with E-state index in [-0.39, 0.29) is 29.9 Å². The zero-order valence-corrected chi connectivity index (χ0v) is 24.0. The van der Waals surface area contributed by atoms with Crippen LogP contribution in [-0.4, -0.2) is 62.7 Å². The predicted molar refractivity (Wildman–Crippen MR) is 151 cm³/mol. The average Bonchev–Trinajstić information content (AvgIpc) is 2.95. The second-order valence-corrected chi connectivity index (χ2v) is 12.5. The molecule has 1 fully saturated rings. The van der Waals surface area contributed by atoms with Crippen LogP contribution in [0.3, 0.4) is 0 Å². The number of amides is 2. The van der Waals surface area contributed by atoms with Crippen molar-refractivity contribution < 1.29 is 27.5 Å². The minimum Gasteiger partial charge on any atom is -0.486 e. The molecule has 0 saturated heterocycles. The van der Waals surface area contributed by atoms with Gasteiger partial charge in [0.05, 0.1) is 11.4 Å². The zero-order chi connectivity index (χ0) is 28.0. The zero-order valence-electron chi connectivity index (χ0n) is 22.4. The molecule has 2 amide bonds. The van der Waals surface area contributed by atoms with E-state index < -0.39 is 28.5 Å². The maximum Gasteiger partial charge on any atom is 0.244 e. The number of ether oxygens (including phenoxy) is 2. The summed E-state index contributed by atoms with van der Waals surface area (Å²) in [5.41, 5.74) is 0.945. The molecule has 1 saturated carbocycles. The lowest BCUT2D eigenvalue weighted by molar-refractivity contribution is -0.139. The molecule has 2 aliphatic rings. The minimum atomic E-state index is -3.86. The maximum atomic E-state index is 13.9. The Balaban J connectivity index is 1.62. The topological polar surface area (TPSA) is 105 Å². The third-order valence-electron chi connectivity index (χ3n) is 7.21. The van der Waals surface area contributed by atoms with Gasteiger partial charge in [-0.15, -0.1) is 0 Å². The molecular formula is C28H36ClN3O6S. The predicted octanol–water partition coefficient (Wildman–Crippen LogP) is 4.13. The monoisotopic (exact) mass is 577 g/mol. The van der Waals surface area contributed by atoms with E-state index in [1.807, 2.05) is 0 Å². The van der Waals surface area contributed by atoms with E-state index in [4.69, 9.17) is 21.1 Å². The van der Waals surface area contributed by atoms with Crippen molar-refractivity contribution >= 4 is 39.1 Å². The molecule has 4 rings (SSSR count). The summed E-state index contributed by atoms with van der Waals surface area (Å²) in [5, 5.41) is 3.55. The molecule has 0 bridgehead atoms. The normalized spacial score (nSPS) is 16.3. The third kappa shape index (κ3) is 7.16. The van der Waals surface area contributed by atoms with Gasteiger partial charge < -0.3 is 19.7 Å².